The summed E-state index contributed by atoms with van der Waals surface area (Å²) in [6.07, 6.45) is -2.73. The Morgan fingerprint density at radius 3 is 2.60 bits per heavy atom. The molecule has 2 heterocycles. The molecule has 1 aliphatic heterocycles. The van der Waals surface area contributed by atoms with E-state index in [0.29, 0.717) is 18.2 Å². The maximum Gasteiger partial charge on any atom is 0.416 e. The van der Waals surface area contributed by atoms with E-state index < -0.39 is 11.7 Å². The van der Waals surface area contributed by atoms with E-state index in [0.717, 1.165) is 36.2 Å². The van der Waals surface area contributed by atoms with Gasteiger partial charge in [-0.05, 0) is 32.5 Å². The quantitative estimate of drug-likeness (QED) is 0.846. The molecule has 1 fully saturated rings. The van der Waals surface area contributed by atoms with Crippen molar-refractivity contribution >= 4 is 5.82 Å². The average Bonchev–Trinajstić information content (AvgIpc) is 2.49. The lowest BCUT2D eigenvalue weighted by molar-refractivity contribution is -0.137. The van der Waals surface area contributed by atoms with Crippen LogP contribution in [0.5, 0.6) is 0 Å². The van der Waals surface area contributed by atoms with Crippen molar-refractivity contribution in [1.29, 1.82) is 0 Å². The van der Waals surface area contributed by atoms with Crippen molar-refractivity contribution in [2.75, 3.05) is 25.0 Å². The molecule has 0 atom stereocenters. The Hall–Kier alpha value is -2.15. The molecule has 0 aliphatic carbocycles. The standard InChI is InChI=1S/C18H21F3N4/c1-12-13(2)22-11-23-17(12)25-9-16(10-25)24(3)8-14-5-4-6-15(7-14)18(19,20)21/h4-7,11,16H,8-10H2,1-3H3. The fourth-order valence-electron chi connectivity index (χ4n) is 3.01. The molecule has 1 aromatic carbocycles. The van der Waals surface area contributed by atoms with Gasteiger partial charge in [0.2, 0.25) is 0 Å². The Bertz CT molecular complexity index is 754. The van der Waals surface area contributed by atoms with Crippen molar-refractivity contribution in [2.24, 2.45) is 0 Å². The minimum absolute atomic E-state index is 0.296. The van der Waals surface area contributed by atoms with Crippen LogP contribution in [0.15, 0.2) is 30.6 Å². The first-order chi connectivity index (χ1) is 11.8. The number of anilines is 1. The number of benzene rings is 1. The van der Waals surface area contributed by atoms with Gasteiger partial charge in [0.15, 0.2) is 0 Å². The largest absolute Gasteiger partial charge is 0.416 e. The summed E-state index contributed by atoms with van der Waals surface area (Å²) in [5, 5.41) is 0. The van der Waals surface area contributed by atoms with E-state index in [2.05, 4.69) is 19.8 Å². The van der Waals surface area contributed by atoms with Crippen LogP contribution in [0.4, 0.5) is 19.0 Å². The van der Waals surface area contributed by atoms with Crippen molar-refractivity contribution in [2.45, 2.75) is 32.6 Å². The number of rotatable bonds is 4. The van der Waals surface area contributed by atoms with Gasteiger partial charge in [0.1, 0.15) is 12.1 Å². The molecule has 7 heteroatoms. The van der Waals surface area contributed by atoms with E-state index >= 15 is 0 Å². The van der Waals surface area contributed by atoms with Gasteiger partial charge < -0.3 is 4.90 Å². The van der Waals surface area contributed by atoms with Crippen molar-refractivity contribution < 1.29 is 13.2 Å². The molecule has 25 heavy (non-hydrogen) atoms. The molecule has 1 aliphatic rings. The molecule has 1 aromatic heterocycles. The zero-order valence-corrected chi connectivity index (χ0v) is 14.5. The lowest BCUT2D eigenvalue weighted by Gasteiger charge is -2.45. The van der Waals surface area contributed by atoms with Gasteiger partial charge in [0.05, 0.1) is 5.56 Å². The summed E-state index contributed by atoms with van der Waals surface area (Å²) < 4.78 is 38.5. The predicted octanol–water partition coefficient (Wildman–Crippen LogP) is 3.43. The first-order valence-electron chi connectivity index (χ1n) is 8.15. The molecule has 4 nitrogen and oxygen atoms in total. The lowest BCUT2D eigenvalue weighted by Crippen LogP contribution is -2.58. The van der Waals surface area contributed by atoms with E-state index in [4.69, 9.17) is 0 Å². The van der Waals surface area contributed by atoms with Gasteiger partial charge in [-0.2, -0.15) is 13.2 Å². The lowest BCUT2D eigenvalue weighted by atomic mass is 10.0. The van der Waals surface area contributed by atoms with Crippen LogP contribution in [-0.2, 0) is 12.7 Å². The molecular weight excluding hydrogens is 329 g/mol. The third-order valence-electron chi connectivity index (χ3n) is 4.78. The predicted molar refractivity (Wildman–Crippen MR) is 90.4 cm³/mol. The molecule has 2 aromatic rings. The fraction of sp³-hybridized carbons (Fsp3) is 0.444. The zero-order chi connectivity index (χ0) is 18.2. The Kier molecular flexibility index (Phi) is 4.69. The van der Waals surface area contributed by atoms with Crippen molar-refractivity contribution in [1.82, 2.24) is 14.9 Å². The number of likely N-dealkylation sites (N-methyl/N-ethyl adjacent to an activating group) is 1. The smallest absolute Gasteiger partial charge is 0.353 e. The van der Waals surface area contributed by atoms with Crippen molar-refractivity contribution in [3.8, 4) is 0 Å². The minimum Gasteiger partial charge on any atom is -0.353 e. The van der Waals surface area contributed by atoms with Crippen LogP contribution in [-0.4, -0.2) is 41.0 Å². The first-order valence-corrected chi connectivity index (χ1v) is 8.15. The topological polar surface area (TPSA) is 32.3 Å². The molecule has 134 valence electrons. The highest BCUT2D eigenvalue weighted by molar-refractivity contribution is 5.50. The average molecular weight is 350 g/mol. The third-order valence-corrected chi connectivity index (χ3v) is 4.78. The minimum atomic E-state index is -4.30. The third kappa shape index (κ3) is 3.76. The Morgan fingerprint density at radius 2 is 1.92 bits per heavy atom. The molecular formula is C18H21F3N4. The molecule has 0 bridgehead atoms. The second-order valence-corrected chi connectivity index (χ2v) is 6.58. The van der Waals surface area contributed by atoms with Gasteiger partial charge in [-0.25, -0.2) is 9.97 Å². The summed E-state index contributed by atoms with van der Waals surface area (Å²) in [5.74, 6) is 0.941. The van der Waals surface area contributed by atoms with E-state index in [1.54, 1.807) is 12.4 Å². The maximum atomic E-state index is 12.8. The summed E-state index contributed by atoms with van der Waals surface area (Å²) in [6.45, 7) is 6.08. The van der Waals surface area contributed by atoms with Crippen LogP contribution in [0.2, 0.25) is 0 Å². The molecule has 0 radical (unpaired) electrons. The Balaban J connectivity index is 1.61. The molecule has 1 saturated heterocycles. The van der Waals surface area contributed by atoms with Crippen LogP contribution in [0, 0.1) is 13.8 Å². The van der Waals surface area contributed by atoms with E-state index in [1.165, 1.54) is 12.1 Å². The normalized spacial score (nSPS) is 15.6. The number of aromatic nitrogens is 2. The number of nitrogens with zero attached hydrogens (tertiary/aromatic N) is 4. The maximum absolute atomic E-state index is 12.8. The number of hydrogen-bond acceptors (Lipinski definition) is 4. The fourth-order valence-corrected chi connectivity index (χ4v) is 3.01. The Morgan fingerprint density at radius 1 is 1.20 bits per heavy atom. The molecule has 0 amide bonds. The highest BCUT2D eigenvalue weighted by Crippen LogP contribution is 2.30. The summed E-state index contributed by atoms with van der Waals surface area (Å²) >= 11 is 0. The monoisotopic (exact) mass is 350 g/mol. The zero-order valence-electron chi connectivity index (χ0n) is 14.5. The second kappa shape index (κ2) is 6.63. The van der Waals surface area contributed by atoms with E-state index in [9.17, 15) is 13.2 Å². The van der Waals surface area contributed by atoms with Gasteiger partial charge in [-0.1, -0.05) is 18.2 Å². The molecule has 0 spiro atoms. The highest BCUT2D eigenvalue weighted by atomic mass is 19.4. The number of halogens is 3. The van der Waals surface area contributed by atoms with Crippen molar-refractivity contribution in [3.05, 3.63) is 53.0 Å². The van der Waals surface area contributed by atoms with Gasteiger partial charge in [0, 0.05) is 36.9 Å². The van der Waals surface area contributed by atoms with Gasteiger partial charge in [-0.3, -0.25) is 4.90 Å². The molecule has 3 rings (SSSR count). The number of alkyl halides is 3. The van der Waals surface area contributed by atoms with Crippen molar-refractivity contribution in [3.63, 3.8) is 0 Å². The molecule has 0 unspecified atom stereocenters. The van der Waals surface area contributed by atoms with E-state index in [1.807, 2.05) is 20.9 Å². The summed E-state index contributed by atoms with van der Waals surface area (Å²) in [7, 11) is 1.94. The van der Waals surface area contributed by atoms with Gasteiger partial charge in [-0.15, -0.1) is 0 Å². The highest BCUT2D eigenvalue weighted by Gasteiger charge is 2.33. The SMILES string of the molecule is Cc1ncnc(N2CC(N(C)Cc3cccc(C(F)(F)F)c3)C2)c1C. The number of hydrogen-bond donors (Lipinski definition) is 0. The van der Waals surface area contributed by atoms with E-state index in [-0.39, 0.29) is 0 Å². The van der Waals surface area contributed by atoms with Crippen LogP contribution in [0.3, 0.4) is 0 Å². The second-order valence-electron chi connectivity index (χ2n) is 6.58. The Labute approximate surface area is 145 Å². The summed E-state index contributed by atoms with van der Waals surface area (Å²) in [6, 6.07) is 5.83. The first kappa shape index (κ1) is 17.7. The van der Waals surface area contributed by atoms with Crippen LogP contribution < -0.4 is 4.90 Å². The summed E-state index contributed by atoms with van der Waals surface area (Å²) in [4.78, 5) is 12.8. The molecule has 0 N–H and O–H groups in total. The molecule has 0 saturated carbocycles. The van der Waals surface area contributed by atoms with Gasteiger partial charge >= 0.3 is 6.18 Å². The van der Waals surface area contributed by atoms with Crippen LogP contribution in [0.1, 0.15) is 22.4 Å². The van der Waals surface area contributed by atoms with Gasteiger partial charge in [0.25, 0.3) is 0 Å². The summed E-state index contributed by atoms with van der Waals surface area (Å²) in [5.41, 5.74) is 2.11. The number of aryl methyl sites for hydroxylation is 1. The van der Waals surface area contributed by atoms with Crippen LogP contribution in [0.25, 0.3) is 0 Å². The van der Waals surface area contributed by atoms with Crippen LogP contribution >= 0.6 is 0 Å².